The highest BCUT2D eigenvalue weighted by Gasteiger charge is 2.81. The maximum absolute atomic E-state index is 12.0. The average molecular weight is 379 g/mol. The van der Waals surface area contributed by atoms with E-state index in [2.05, 4.69) is 6.92 Å². The zero-order valence-electron chi connectivity index (χ0n) is 17.3. The SMILES string of the molecule is CCCC[C@@]1(O)C(OC)(OC)[C@]2(C)CC[C@@H](OCc3ccccc3)[C@@]1(C)O2. The van der Waals surface area contributed by atoms with Gasteiger partial charge >= 0.3 is 0 Å². The van der Waals surface area contributed by atoms with Crippen LogP contribution in [-0.4, -0.2) is 48.0 Å². The third-order valence-corrected chi connectivity index (χ3v) is 6.76. The van der Waals surface area contributed by atoms with Crippen molar-refractivity contribution in [3.05, 3.63) is 35.9 Å². The van der Waals surface area contributed by atoms with Gasteiger partial charge in [0.1, 0.15) is 11.2 Å². The van der Waals surface area contributed by atoms with Gasteiger partial charge in [0.15, 0.2) is 5.60 Å². The highest BCUT2D eigenvalue weighted by molar-refractivity contribution is 5.26. The first-order valence-electron chi connectivity index (χ1n) is 10.0. The van der Waals surface area contributed by atoms with Crippen molar-refractivity contribution in [3.8, 4) is 0 Å². The minimum absolute atomic E-state index is 0.250. The molecule has 5 heteroatoms. The lowest BCUT2D eigenvalue weighted by Gasteiger charge is -2.47. The fourth-order valence-electron chi connectivity index (χ4n) is 5.32. The molecule has 0 aromatic heterocycles. The summed E-state index contributed by atoms with van der Waals surface area (Å²) < 4.78 is 24.7. The third-order valence-electron chi connectivity index (χ3n) is 6.76. The summed E-state index contributed by atoms with van der Waals surface area (Å²) in [5, 5.41) is 12.0. The van der Waals surface area contributed by atoms with Crippen molar-refractivity contribution < 1.29 is 24.1 Å². The lowest BCUT2D eigenvalue weighted by Crippen LogP contribution is -2.67. The van der Waals surface area contributed by atoms with Gasteiger partial charge in [0.05, 0.1) is 12.7 Å². The van der Waals surface area contributed by atoms with E-state index in [0.717, 1.165) is 24.8 Å². The molecule has 1 N–H and O–H groups in total. The molecule has 4 atom stereocenters. The fourth-order valence-corrected chi connectivity index (χ4v) is 5.32. The Balaban J connectivity index is 1.95. The first-order chi connectivity index (χ1) is 12.8. The predicted octanol–water partition coefficient (Wildman–Crippen LogP) is 3.82. The molecule has 27 heavy (non-hydrogen) atoms. The Hall–Kier alpha value is -0.980. The van der Waals surface area contributed by atoms with Gasteiger partial charge < -0.3 is 24.1 Å². The molecule has 0 amide bonds. The zero-order valence-corrected chi connectivity index (χ0v) is 17.3. The van der Waals surface area contributed by atoms with Crippen LogP contribution in [0.4, 0.5) is 0 Å². The monoisotopic (exact) mass is 378 g/mol. The molecule has 2 saturated heterocycles. The molecular formula is C22H34O5. The zero-order chi connectivity index (χ0) is 19.8. The maximum atomic E-state index is 12.0. The summed E-state index contributed by atoms with van der Waals surface area (Å²) in [5.74, 6) is -1.23. The summed E-state index contributed by atoms with van der Waals surface area (Å²) in [6.45, 7) is 6.53. The minimum atomic E-state index is -1.31. The number of methoxy groups -OCH3 is 2. The van der Waals surface area contributed by atoms with Gasteiger partial charge in [0.25, 0.3) is 0 Å². The fraction of sp³-hybridized carbons (Fsp3) is 0.727. The van der Waals surface area contributed by atoms with E-state index in [0.29, 0.717) is 19.4 Å². The molecule has 5 nitrogen and oxygen atoms in total. The summed E-state index contributed by atoms with van der Waals surface area (Å²) in [5.41, 5.74) is -1.86. The van der Waals surface area contributed by atoms with Crippen LogP contribution in [0.3, 0.4) is 0 Å². The van der Waals surface area contributed by atoms with E-state index < -0.39 is 22.6 Å². The Kier molecular flexibility index (Phi) is 5.72. The number of rotatable bonds is 8. The lowest BCUT2D eigenvalue weighted by atomic mass is 9.72. The molecule has 2 aliphatic heterocycles. The average Bonchev–Trinajstić information content (AvgIpc) is 2.78. The van der Waals surface area contributed by atoms with Crippen LogP contribution in [0.15, 0.2) is 30.3 Å². The van der Waals surface area contributed by atoms with Crippen LogP contribution in [0, 0.1) is 0 Å². The van der Waals surface area contributed by atoms with Crippen LogP contribution >= 0.6 is 0 Å². The van der Waals surface area contributed by atoms with Gasteiger partial charge in [-0.05, 0) is 38.7 Å². The molecule has 3 rings (SSSR count). The summed E-state index contributed by atoms with van der Waals surface area (Å²) in [6.07, 6.45) is 3.57. The Morgan fingerprint density at radius 1 is 1.15 bits per heavy atom. The number of aliphatic hydroxyl groups is 1. The molecule has 2 fully saturated rings. The Labute approximate surface area is 163 Å². The highest BCUT2D eigenvalue weighted by Crippen LogP contribution is 2.62. The number of hydrogen-bond acceptors (Lipinski definition) is 5. The molecule has 0 saturated carbocycles. The van der Waals surface area contributed by atoms with Crippen molar-refractivity contribution in [1.82, 2.24) is 0 Å². The maximum Gasteiger partial charge on any atom is 0.229 e. The summed E-state index contributed by atoms with van der Waals surface area (Å²) >= 11 is 0. The normalized spacial score (nSPS) is 37.5. The van der Waals surface area contributed by atoms with Crippen LogP contribution < -0.4 is 0 Å². The predicted molar refractivity (Wildman–Crippen MR) is 103 cm³/mol. The largest absolute Gasteiger partial charge is 0.381 e. The third kappa shape index (κ3) is 2.87. The van der Waals surface area contributed by atoms with Crippen LogP contribution in [0.2, 0.25) is 0 Å². The molecular weight excluding hydrogens is 344 g/mol. The standard InChI is InChI=1S/C22H34O5/c1-6-7-14-21(23)20(3)18(26-16-17-11-9-8-10-12-17)13-15-19(2,27-20)22(21,24-4)25-5/h8-12,18,23H,6-7,13-16H2,1-5H3/t18-,19+,20-,21+/m1/s1. The van der Waals surface area contributed by atoms with Gasteiger partial charge in [-0.15, -0.1) is 0 Å². The van der Waals surface area contributed by atoms with Crippen LogP contribution in [0.25, 0.3) is 0 Å². The van der Waals surface area contributed by atoms with Gasteiger partial charge in [-0.2, -0.15) is 0 Å². The Morgan fingerprint density at radius 3 is 2.41 bits per heavy atom. The molecule has 2 aliphatic rings. The molecule has 0 radical (unpaired) electrons. The molecule has 0 aliphatic carbocycles. The first-order valence-corrected chi connectivity index (χ1v) is 10.0. The molecule has 2 bridgehead atoms. The van der Waals surface area contributed by atoms with Gasteiger partial charge in [-0.3, -0.25) is 0 Å². The van der Waals surface area contributed by atoms with E-state index in [1.807, 2.05) is 44.2 Å². The molecule has 1 aromatic rings. The number of unbranched alkanes of at least 4 members (excludes halogenated alkanes) is 1. The number of benzene rings is 1. The Morgan fingerprint density at radius 2 is 1.81 bits per heavy atom. The van der Waals surface area contributed by atoms with Crippen molar-refractivity contribution in [2.45, 2.75) is 88.2 Å². The van der Waals surface area contributed by atoms with Crippen LogP contribution in [-0.2, 0) is 25.6 Å². The van der Waals surface area contributed by atoms with Crippen molar-refractivity contribution >= 4 is 0 Å². The van der Waals surface area contributed by atoms with Gasteiger partial charge in [0.2, 0.25) is 5.79 Å². The second kappa shape index (κ2) is 7.45. The summed E-state index contributed by atoms with van der Waals surface area (Å²) in [6, 6.07) is 10.1. The van der Waals surface area contributed by atoms with E-state index in [9.17, 15) is 5.11 Å². The lowest BCUT2D eigenvalue weighted by molar-refractivity contribution is -0.322. The molecule has 0 spiro atoms. The molecule has 2 heterocycles. The van der Waals surface area contributed by atoms with Crippen molar-refractivity contribution in [2.24, 2.45) is 0 Å². The number of fused-ring (bicyclic) bond motifs is 2. The Bertz CT molecular complexity index is 631. The van der Waals surface area contributed by atoms with Gasteiger partial charge in [0, 0.05) is 14.2 Å². The quantitative estimate of drug-likeness (QED) is 0.697. The highest BCUT2D eigenvalue weighted by atomic mass is 16.7. The summed E-state index contributed by atoms with van der Waals surface area (Å²) in [7, 11) is 3.19. The van der Waals surface area contributed by atoms with Gasteiger partial charge in [-0.25, -0.2) is 0 Å². The number of hydrogen-bond donors (Lipinski definition) is 1. The van der Waals surface area contributed by atoms with Crippen molar-refractivity contribution in [1.29, 1.82) is 0 Å². The number of ether oxygens (including phenoxy) is 4. The van der Waals surface area contributed by atoms with Crippen LogP contribution in [0.5, 0.6) is 0 Å². The first kappa shape index (κ1) is 20.7. The molecule has 152 valence electrons. The van der Waals surface area contributed by atoms with E-state index >= 15 is 0 Å². The van der Waals surface area contributed by atoms with E-state index in [1.54, 1.807) is 14.2 Å². The molecule has 0 unspecified atom stereocenters. The van der Waals surface area contributed by atoms with Crippen LogP contribution in [0.1, 0.15) is 58.4 Å². The van der Waals surface area contributed by atoms with Crippen molar-refractivity contribution in [2.75, 3.05) is 14.2 Å². The molecule has 1 aromatic carbocycles. The van der Waals surface area contributed by atoms with E-state index in [4.69, 9.17) is 18.9 Å². The smallest absolute Gasteiger partial charge is 0.229 e. The summed E-state index contributed by atoms with van der Waals surface area (Å²) in [4.78, 5) is 0. The van der Waals surface area contributed by atoms with Crippen molar-refractivity contribution in [3.63, 3.8) is 0 Å². The van der Waals surface area contributed by atoms with E-state index in [-0.39, 0.29) is 6.10 Å². The van der Waals surface area contributed by atoms with Gasteiger partial charge in [-0.1, -0.05) is 50.1 Å². The topological polar surface area (TPSA) is 57.2 Å². The van der Waals surface area contributed by atoms with E-state index in [1.165, 1.54) is 0 Å². The minimum Gasteiger partial charge on any atom is -0.381 e. The second-order valence-corrected chi connectivity index (χ2v) is 8.25. The second-order valence-electron chi connectivity index (χ2n) is 8.25.